The summed E-state index contributed by atoms with van der Waals surface area (Å²) in [6.45, 7) is 1.69. The highest BCUT2D eigenvalue weighted by Crippen LogP contribution is 2.23. The van der Waals surface area contributed by atoms with Gasteiger partial charge in [0.2, 0.25) is 5.95 Å². The largest absolute Gasteiger partial charge is 0.398 e. The quantitative estimate of drug-likeness (QED) is 0.712. The van der Waals surface area contributed by atoms with Crippen LogP contribution >= 0.6 is 0 Å². The molecule has 1 aromatic carbocycles. The minimum atomic E-state index is -3.71. The van der Waals surface area contributed by atoms with Gasteiger partial charge >= 0.3 is 0 Å². The van der Waals surface area contributed by atoms with Gasteiger partial charge in [-0.3, -0.25) is 0 Å². The van der Waals surface area contributed by atoms with Gasteiger partial charge in [0.1, 0.15) is 4.90 Å². The summed E-state index contributed by atoms with van der Waals surface area (Å²) in [4.78, 5) is 6.54. The molecule has 0 saturated carbocycles. The minimum absolute atomic E-state index is 0.0800. The number of anilines is 2. The van der Waals surface area contributed by atoms with Crippen molar-refractivity contribution in [1.29, 1.82) is 0 Å². The third-order valence-corrected chi connectivity index (χ3v) is 3.80. The van der Waals surface area contributed by atoms with Crippen molar-refractivity contribution in [1.82, 2.24) is 9.97 Å². The predicted octanol–water partition coefficient (Wildman–Crippen LogP) is 1.10. The van der Waals surface area contributed by atoms with E-state index in [2.05, 4.69) is 14.7 Å². The average Bonchev–Trinajstić information content (AvgIpc) is 2.68. The summed E-state index contributed by atoms with van der Waals surface area (Å²) in [7, 11) is -3.71. The van der Waals surface area contributed by atoms with E-state index in [1.165, 1.54) is 12.4 Å². The number of benzene rings is 1. The van der Waals surface area contributed by atoms with Gasteiger partial charge in [0, 0.05) is 12.4 Å². The van der Waals surface area contributed by atoms with Gasteiger partial charge in [-0.15, -0.1) is 0 Å². The molecule has 7 heteroatoms. The molecular formula is C10H12N4O2S. The summed E-state index contributed by atoms with van der Waals surface area (Å²) in [6, 6.07) is 4.94. The average molecular weight is 252 g/mol. The third kappa shape index (κ3) is 2.23. The number of aromatic amines is 1. The molecular weight excluding hydrogens is 240 g/mol. The summed E-state index contributed by atoms with van der Waals surface area (Å²) in [5.41, 5.74) is 6.49. The number of nitrogens with zero attached hydrogens (tertiary/aromatic N) is 1. The van der Waals surface area contributed by atoms with E-state index in [1.807, 2.05) is 0 Å². The first-order valence-electron chi connectivity index (χ1n) is 4.88. The fourth-order valence-corrected chi connectivity index (χ4v) is 2.88. The Morgan fingerprint density at radius 2 is 2.18 bits per heavy atom. The number of hydrogen-bond donors (Lipinski definition) is 3. The molecule has 90 valence electrons. The Hall–Kier alpha value is -2.02. The fourth-order valence-electron chi connectivity index (χ4n) is 1.54. The van der Waals surface area contributed by atoms with Crippen molar-refractivity contribution >= 4 is 21.7 Å². The van der Waals surface area contributed by atoms with E-state index in [4.69, 9.17) is 5.73 Å². The van der Waals surface area contributed by atoms with E-state index in [0.29, 0.717) is 5.56 Å². The second-order valence-corrected chi connectivity index (χ2v) is 5.16. The van der Waals surface area contributed by atoms with E-state index in [1.54, 1.807) is 25.1 Å². The molecule has 0 fully saturated rings. The zero-order chi connectivity index (χ0) is 12.5. The second kappa shape index (κ2) is 4.10. The molecule has 0 radical (unpaired) electrons. The minimum Gasteiger partial charge on any atom is -0.398 e. The molecule has 0 aliphatic carbocycles. The van der Waals surface area contributed by atoms with Gasteiger partial charge in [-0.1, -0.05) is 12.1 Å². The van der Waals surface area contributed by atoms with Crippen LogP contribution in [-0.4, -0.2) is 18.4 Å². The lowest BCUT2D eigenvalue weighted by Gasteiger charge is -2.10. The van der Waals surface area contributed by atoms with Crippen LogP contribution in [0.5, 0.6) is 0 Å². The molecule has 0 unspecified atom stereocenters. The molecule has 0 spiro atoms. The third-order valence-electron chi connectivity index (χ3n) is 2.24. The van der Waals surface area contributed by atoms with Crippen molar-refractivity contribution in [3.05, 3.63) is 36.2 Å². The molecule has 2 aromatic rings. The van der Waals surface area contributed by atoms with E-state index in [0.717, 1.165) is 0 Å². The molecule has 0 aliphatic heterocycles. The molecule has 4 N–H and O–H groups in total. The zero-order valence-electron chi connectivity index (χ0n) is 9.14. The van der Waals surface area contributed by atoms with Crippen LogP contribution in [0.4, 0.5) is 11.6 Å². The van der Waals surface area contributed by atoms with Gasteiger partial charge < -0.3 is 10.7 Å². The van der Waals surface area contributed by atoms with Gasteiger partial charge in [0.05, 0.1) is 5.69 Å². The number of imidazole rings is 1. The van der Waals surface area contributed by atoms with Gasteiger partial charge in [-0.25, -0.2) is 18.1 Å². The Morgan fingerprint density at radius 1 is 1.41 bits per heavy atom. The van der Waals surface area contributed by atoms with Gasteiger partial charge in [-0.05, 0) is 18.6 Å². The number of hydrogen-bond acceptors (Lipinski definition) is 4. The van der Waals surface area contributed by atoms with Crippen molar-refractivity contribution in [3.8, 4) is 0 Å². The number of sulfonamides is 1. The SMILES string of the molecule is Cc1cccc(N)c1S(=O)(=O)Nc1ncc[nH]1. The highest BCUT2D eigenvalue weighted by atomic mass is 32.2. The lowest BCUT2D eigenvalue weighted by atomic mass is 10.2. The molecule has 1 aromatic heterocycles. The normalized spacial score (nSPS) is 11.4. The Balaban J connectivity index is 2.45. The van der Waals surface area contributed by atoms with Crippen LogP contribution < -0.4 is 10.5 Å². The van der Waals surface area contributed by atoms with Gasteiger partial charge in [0.25, 0.3) is 10.0 Å². The predicted molar refractivity (Wildman–Crippen MR) is 65.0 cm³/mol. The van der Waals surface area contributed by atoms with Crippen LogP contribution in [0.25, 0.3) is 0 Å². The summed E-state index contributed by atoms with van der Waals surface area (Å²) in [5, 5.41) is 0. The second-order valence-electron chi connectivity index (χ2n) is 3.54. The molecule has 0 saturated heterocycles. The summed E-state index contributed by atoms with van der Waals surface area (Å²) >= 11 is 0. The highest BCUT2D eigenvalue weighted by Gasteiger charge is 2.20. The van der Waals surface area contributed by atoms with Crippen molar-refractivity contribution in [2.24, 2.45) is 0 Å². The number of nitrogens with two attached hydrogens (primary N) is 1. The monoisotopic (exact) mass is 252 g/mol. The van der Waals surface area contributed by atoms with Crippen molar-refractivity contribution in [2.45, 2.75) is 11.8 Å². The van der Waals surface area contributed by atoms with E-state index in [9.17, 15) is 8.42 Å². The van der Waals surface area contributed by atoms with Crippen LogP contribution in [0.3, 0.4) is 0 Å². The topological polar surface area (TPSA) is 101 Å². The Kier molecular flexibility index (Phi) is 2.76. The molecule has 0 aliphatic rings. The fraction of sp³-hybridized carbons (Fsp3) is 0.100. The molecule has 0 atom stereocenters. The molecule has 0 amide bonds. The highest BCUT2D eigenvalue weighted by molar-refractivity contribution is 7.93. The Bertz CT molecular complexity index is 600. The van der Waals surface area contributed by atoms with Crippen molar-refractivity contribution < 1.29 is 8.42 Å². The van der Waals surface area contributed by atoms with Gasteiger partial charge in [0.15, 0.2) is 0 Å². The van der Waals surface area contributed by atoms with Crippen molar-refractivity contribution in [2.75, 3.05) is 10.5 Å². The zero-order valence-corrected chi connectivity index (χ0v) is 9.95. The molecule has 1 heterocycles. The summed E-state index contributed by atoms with van der Waals surface area (Å²) in [5.74, 6) is 0.160. The van der Waals surface area contributed by atoms with E-state index < -0.39 is 10.0 Å². The van der Waals surface area contributed by atoms with Crippen molar-refractivity contribution in [3.63, 3.8) is 0 Å². The number of aromatic nitrogens is 2. The first-order chi connectivity index (χ1) is 8.00. The van der Waals surface area contributed by atoms with Crippen LogP contribution in [0, 0.1) is 6.92 Å². The maximum atomic E-state index is 12.1. The lowest BCUT2D eigenvalue weighted by Crippen LogP contribution is -2.16. The number of rotatable bonds is 3. The van der Waals surface area contributed by atoms with Crippen LogP contribution in [0.1, 0.15) is 5.56 Å². The van der Waals surface area contributed by atoms with Gasteiger partial charge in [-0.2, -0.15) is 0 Å². The van der Waals surface area contributed by atoms with Crippen LogP contribution in [0.2, 0.25) is 0 Å². The smallest absolute Gasteiger partial charge is 0.266 e. The maximum Gasteiger partial charge on any atom is 0.266 e. The first kappa shape index (κ1) is 11.5. The lowest BCUT2D eigenvalue weighted by molar-refractivity contribution is 0.600. The van der Waals surface area contributed by atoms with E-state index >= 15 is 0 Å². The number of H-pyrrole nitrogens is 1. The van der Waals surface area contributed by atoms with Crippen LogP contribution in [0.15, 0.2) is 35.5 Å². The summed E-state index contributed by atoms with van der Waals surface area (Å²) < 4.78 is 26.5. The number of aryl methyl sites for hydroxylation is 1. The number of nitrogen functional groups attached to an aromatic ring is 1. The standard InChI is InChI=1S/C10H12N4O2S/c1-7-3-2-4-8(11)9(7)17(15,16)14-10-12-5-6-13-10/h2-6H,11H2,1H3,(H2,12,13,14). The Labute approximate surface area is 98.9 Å². The Morgan fingerprint density at radius 3 is 2.76 bits per heavy atom. The molecule has 0 bridgehead atoms. The molecule has 2 rings (SSSR count). The van der Waals surface area contributed by atoms with E-state index in [-0.39, 0.29) is 16.5 Å². The number of nitrogens with one attached hydrogen (secondary N) is 2. The molecule has 17 heavy (non-hydrogen) atoms. The maximum absolute atomic E-state index is 12.1. The van der Waals surface area contributed by atoms with Crippen LogP contribution in [-0.2, 0) is 10.0 Å². The first-order valence-corrected chi connectivity index (χ1v) is 6.36. The molecule has 6 nitrogen and oxygen atoms in total. The summed E-state index contributed by atoms with van der Waals surface area (Å²) in [6.07, 6.45) is 2.98.